The maximum absolute atomic E-state index is 13.6. The summed E-state index contributed by atoms with van der Waals surface area (Å²) in [6, 6.07) is 5.59. The van der Waals surface area contributed by atoms with Crippen molar-refractivity contribution in [1.82, 2.24) is 15.1 Å². The van der Waals surface area contributed by atoms with Gasteiger partial charge < -0.3 is 20.0 Å². The van der Waals surface area contributed by atoms with Gasteiger partial charge in [-0.1, -0.05) is 27.7 Å². The van der Waals surface area contributed by atoms with Crippen LogP contribution in [0.1, 0.15) is 57.3 Å². The van der Waals surface area contributed by atoms with Crippen molar-refractivity contribution in [2.75, 3.05) is 32.1 Å². The number of rotatable bonds is 8. The largest absolute Gasteiger partial charge is 0.378 e. The monoisotopic (exact) mass is 470 g/mol. The number of nitrogens with one attached hydrogen (secondary N) is 1. The Bertz CT molecular complexity index is 927. The summed E-state index contributed by atoms with van der Waals surface area (Å²) in [6.07, 6.45) is 1.76. The molecule has 8 nitrogen and oxygen atoms in total. The highest BCUT2D eigenvalue weighted by Gasteiger charge is 2.52. The van der Waals surface area contributed by atoms with Crippen molar-refractivity contribution in [3.05, 3.63) is 29.8 Å². The average Bonchev–Trinajstić information content (AvgIpc) is 3.38. The van der Waals surface area contributed by atoms with Crippen LogP contribution in [-0.4, -0.2) is 78.6 Å². The number of carbonyl (C=O) groups excluding carboxylic acids is 4. The molecule has 8 heteroatoms. The zero-order valence-electron chi connectivity index (χ0n) is 21.2. The fourth-order valence-electron chi connectivity index (χ4n) is 4.86. The molecular weight excluding hydrogens is 432 g/mol. The molecule has 3 rings (SSSR count). The van der Waals surface area contributed by atoms with Crippen LogP contribution in [0.3, 0.4) is 0 Å². The number of carbonyl (C=O) groups is 4. The normalized spacial score (nSPS) is 21.4. The Morgan fingerprint density at radius 3 is 2.26 bits per heavy atom. The van der Waals surface area contributed by atoms with Crippen LogP contribution >= 0.6 is 0 Å². The van der Waals surface area contributed by atoms with Crippen LogP contribution in [-0.2, 0) is 14.4 Å². The lowest BCUT2D eigenvalue weighted by Crippen LogP contribution is -2.53. The van der Waals surface area contributed by atoms with Gasteiger partial charge >= 0.3 is 0 Å². The van der Waals surface area contributed by atoms with Gasteiger partial charge in [-0.05, 0) is 49.4 Å². The molecule has 2 heterocycles. The molecule has 2 aliphatic rings. The lowest BCUT2D eigenvalue weighted by atomic mass is 10.0. The van der Waals surface area contributed by atoms with E-state index in [0.717, 1.165) is 5.69 Å². The molecule has 0 spiro atoms. The molecule has 2 fully saturated rings. The van der Waals surface area contributed by atoms with Gasteiger partial charge in [0.15, 0.2) is 5.78 Å². The number of hydrogen-bond acceptors (Lipinski definition) is 5. The molecule has 0 radical (unpaired) electrons. The number of likely N-dealkylation sites (tertiary alicyclic amines) is 2. The maximum Gasteiger partial charge on any atom is 0.251 e. The van der Waals surface area contributed by atoms with Gasteiger partial charge in [0.25, 0.3) is 5.91 Å². The van der Waals surface area contributed by atoms with Crippen LogP contribution in [0.5, 0.6) is 0 Å². The first-order valence-electron chi connectivity index (χ1n) is 12.3. The average molecular weight is 471 g/mol. The van der Waals surface area contributed by atoms with E-state index in [1.54, 1.807) is 21.9 Å². The van der Waals surface area contributed by atoms with Crippen LogP contribution in [0.15, 0.2) is 24.3 Å². The van der Waals surface area contributed by atoms with Crippen molar-refractivity contribution < 1.29 is 19.2 Å². The second kappa shape index (κ2) is 10.6. The number of fused-ring (bicyclic) bond motifs is 1. The quantitative estimate of drug-likeness (QED) is 0.630. The van der Waals surface area contributed by atoms with Crippen molar-refractivity contribution >= 4 is 29.2 Å². The Hall–Kier alpha value is -2.90. The third kappa shape index (κ3) is 5.26. The predicted octanol–water partition coefficient (Wildman–Crippen LogP) is 2.32. The first-order valence-corrected chi connectivity index (χ1v) is 12.3. The van der Waals surface area contributed by atoms with E-state index in [4.69, 9.17) is 0 Å². The first kappa shape index (κ1) is 25.7. The number of hydrogen-bond donors (Lipinski definition) is 1. The van der Waals surface area contributed by atoms with Crippen molar-refractivity contribution in [3.63, 3.8) is 0 Å². The van der Waals surface area contributed by atoms with Gasteiger partial charge in [-0.3, -0.25) is 19.2 Å². The summed E-state index contributed by atoms with van der Waals surface area (Å²) in [6.45, 7) is 8.29. The molecule has 4 atom stereocenters. The summed E-state index contributed by atoms with van der Waals surface area (Å²) in [7, 11) is 3.86. The minimum absolute atomic E-state index is 0.0224. The van der Waals surface area contributed by atoms with Crippen LogP contribution < -0.4 is 10.2 Å². The minimum atomic E-state index is -0.730. The van der Waals surface area contributed by atoms with Gasteiger partial charge in [-0.2, -0.15) is 0 Å². The van der Waals surface area contributed by atoms with E-state index in [1.807, 2.05) is 58.8 Å². The number of benzene rings is 1. The topological polar surface area (TPSA) is 90.0 Å². The Balaban J connectivity index is 1.76. The van der Waals surface area contributed by atoms with E-state index in [9.17, 15) is 19.2 Å². The molecule has 4 unspecified atom stereocenters. The van der Waals surface area contributed by atoms with E-state index < -0.39 is 12.1 Å². The highest BCUT2D eigenvalue weighted by Crippen LogP contribution is 2.32. The highest BCUT2D eigenvalue weighted by atomic mass is 16.2. The number of Topliss-reactive ketones (excluding diaryl/α,β-unsaturated/α-hetero) is 1. The molecule has 1 aromatic rings. The minimum Gasteiger partial charge on any atom is -0.378 e. The Kier molecular flexibility index (Phi) is 8.00. The van der Waals surface area contributed by atoms with Crippen LogP contribution in [0.25, 0.3) is 0 Å². The lowest BCUT2D eigenvalue weighted by molar-refractivity contribution is -0.138. The molecule has 34 heavy (non-hydrogen) atoms. The molecular formula is C26H38N4O4. The second-order valence-electron chi connectivity index (χ2n) is 10.2. The molecule has 2 aliphatic heterocycles. The van der Waals surface area contributed by atoms with Crippen LogP contribution in [0, 0.1) is 11.8 Å². The summed E-state index contributed by atoms with van der Waals surface area (Å²) in [5.74, 6) is -0.654. The van der Waals surface area contributed by atoms with Gasteiger partial charge in [0, 0.05) is 37.8 Å². The fourth-order valence-corrected chi connectivity index (χ4v) is 4.86. The van der Waals surface area contributed by atoms with Gasteiger partial charge in [0.05, 0.1) is 12.6 Å². The molecule has 0 aliphatic carbocycles. The van der Waals surface area contributed by atoms with Gasteiger partial charge in [0.1, 0.15) is 12.1 Å². The zero-order valence-corrected chi connectivity index (χ0v) is 21.2. The smallest absolute Gasteiger partial charge is 0.251 e. The molecule has 3 amide bonds. The second-order valence-corrected chi connectivity index (χ2v) is 10.2. The number of ketones is 1. The number of amides is 3. The van der Waals surface area contributed by atoms with E-state index in [1.165, 1.54) is 0 Å². The highest BCUT2D eigenvalue weighted by molar-refractivity contribution is 6.01. The Morgan fingerprint density at radius 1 is 1.06 bits per heavy atom. The van der Waals surface area contributed by atoms with E-state index in [0.29, 0.717) is 31.4 Å². The number of anilines is 1. The lowest BCUT2D eigenvalue weighted by Gasteiger charge is -2.29. The van der Waals surface area contributed by atoms with Crippen molar-refractivity contribution in [2.45, 2.75) is 65.1 Å². The Labute approximate surface area is 202 Å². The fraction of sp³-hybridized carbons (Fsp3) is 0.615. The summed E-state index contributed by atoms with van der Waals surface area (Å²) < 4.78 is 0. The molecule has 1 N–H and O–H groups in total. The van der Waals surface area contributed by atoms with Crippen LogP contribution in [0.4, 0.5) is 5.69 Å². The SMILES string of the molecule is CCC(C)C(=O)N1CC(=O)C2C1CCN2C(=O)C(CC(C)C)NC(=O)c1ccc(N(C)C)cc1. The van der Waals surface area contributed by atoms with Gasteiger partial charge in [-0.15, -0.1) is 0 Å². The van der Waals surface area contributed by atoms with E-state index >= 15 is 0 Å². The molecule has 0 aromatic heterocycles. The molecule has 1 aromatic carbocycles. The maximum atomic E-state index is 13.6. The third-order valence-corrected chi connectivity index (χ3v) is 6.98. The van der Waals surface area contributed by atoms with Crippen molar-refractivity contribution in [1.29, 1.82) is 0 Å². The zero-order chi connectivity index (χ0) is 25.2. The van der Waals surface area contributed by atoms with Crippen LogP contribution in [0.2, 0.25) is 0 Å². The molecule has 2 saturated heterocycles. The van der Waals surface area contributed by atoms with Crippen molar-refractivity contribution in [2.24, 2.45) is 11.8 Å². The summed E-state index contributed by atoms with van der Waals surface area (Å²) in [4.78, 5) is 57.5. The van der Waals surface area contributed by atoms with Crippen molar-refractivity contribution in [3.8, 4) is 0 Å². The first-order chi connectivity index (χ1) is 16.0. The summed E-state index contributed by atoms with van der Waals surface area (Å²) >= 11 is 0. The molecule has 186 valence electrons. The molecule has 0 saturated carbocycles. The standard InChI is InChI=1S/C26H38N4O4/c1-7-17(4)25(33)30-15-22(31)23-21(30)12-13-29(23)26(34)20(14-16(2)3)27-24(32)18-8-10-19(11-9-18)28(5)6/h8-11,16-17,20-21,23H,7,12-15H2,1-6H3,(H,27,32). The van der Waals surface area contributed by atoms with E-state index in [-0.39, 0.29) is 47.9 Å². The summed E-state index contributed by atoms with van der Waals surface area (Å²) in [5.41, 5.74) is 1.46. The summed E-state index contributed by atoms with van der Waals surface area (Å²) in [5, 5.41) is 2.91. The predicted molar refractivity (Wildman–Crippen MR) is 132 cm³/mol. The van der Waals surface area contributed by atoms with Gasteiger partial charge in [-0.25, -0.2) is 0 Å². The number of nitrogens with zero attached hydrogens (tertiary/aromatic N) is 3. The Morgan fingerprint density at radius 2 is 1.71 bits per heavy atom. The molecule has 0 bridgehead atoms. The van der Waals surface area contributed by atoms with E-state index in [2.05, 4.69) is 5.32 Å². The third-order valence-electron chi connectivity index (χ3n) is 6.98. The van der Waals surface area contributed by atoms with Gasteiger partial charge in [0.2, 0.25) is 11.8 Å².